The third-order valence-electron chi connectivity index (χ3n) is 8.39. The highest BCUT2D eigenvalue weighted by molar-refractivity contribution is 7.45. The number of unbranched alkanes of at least 4 members (excludes halogenated alkanes) is 15. The van der Waals surface area contributed by atoms with Gasteiger partial charge in [-0.15, -0.1) is 0 Å². The summed E-state index contributed by atoms with van der Waals surface area (Å²) in [5.74, 6) is -0.350. The van der Waals surface area contributed by atoms with Crippen LogP contribution in [0.4, 0.5) is 0 Å². The second-order valence-corrected chi connectivity index (χ2v) is 16.0. The topological polar surface area (TPSA) is 94.1 Å². The maximum atomic E-state index is 12.6. The molecule has 0 fully saturated rings. The number of likely N-dealkylation sites (N-methyl/N-ethyl adjacent to an activating group) is 1. The number of phosphoric acid groups is 1. The molecule has 0 aromatic carbocycles. The van der Waals surface area contributed by atoms with Crippen molar-refractivity contribution in [3.8, 4) is 0 Å². The lowest BCUT2D eigenvalue weighted by Gasteiger charge is -2.28. The second kappa shape index (κ2) is 35.5. The number of hydrogen-bond donors (Lipinski definition) is 0. The third-order valence-corrected chi connectivity index (χ3v) is 9.36. The first kappa shape index (κ1) is 49.5. The molecular weight excluding hydrogens is 661 g/mol. The van der Waals surface area contributed by atoms with Crippen LogP contribution in [0.2, 0.25) is 0 Å². The molecule has 0 aliphatic carbocycles. The van der Waals surface area contributed by atoms with E-state index >= 15 is 0 Å². The summed E-state index contributed by atoms with van der Waals surface area (Å²) in [4.78, 5) is 25.0. The molecule has 298 valence electrons. The van der Waals surface area contributed by atoms with Crippen molar-refractivity contribution in [2.24, 2.45) is 0 Å². The van der Waals surface area contributed by atoms with Crippen molar-refractivity contribution in [2.45, 2.75) is 161 Å². The van der Waals surface area contributed by atoms with Gasteiger partial charge in [-0.25, -0.2) is 0 Å². The standard InChI is InChI=1S/C42H78NO7P/c1-6-8-10-12-14-16-18-19-20-21-22-23-24-25-26-27-29-31-33-35-42(44)50-41(40-49-51(45,46)48-38-36-43(3,4)5)39-47-37-34-32-30-28-17-15-13-11-9-7-2/h8,10,14,16,19-20,22-23,41H,6-7,9,11-13,15,17-18,21,24-40H2,1-5H3/b10-8-,16-14-,20-19-,23-22-. The zero-order chi connectivity index (χ0) is 37.7. The first-order valence-corrected chi connectivity index (χ1v) is 21.8. The Kier molecular flexibility index (Phi) is 34.4. The molecule has 0 amide bonds. The smallest absolute Gasteiger partial charge is 0.306 e. The van der Waals surface area contributed by atoms with Gasteiger partial charge in [-0.05, 0) is 51.4 Å². The Morgan fingerprint density at radius 2 is 1.14 bits per heavy atom. The fraction of sp³-hybridized carbons (Fsp3) is 0.786. The van der Waals surface area contributed by atoms with Gasteiger partial charge in [0.15, 0.2) is 0 Å². The molecule has 0 spiro atoms. The van der Waals surface area contributed by atoms with Crippen LogP contribution in [0.5, 0.6) is 0 Å². The van der Waals surface area contributed by atoms with Gasteiger partial charge in [0.1, 0.15) is 19.3 Å². The summed E-state index contributed by atoms with van der Waals surface area (Å²) in [5, 5.41) is 0. The van der Waals surface area contributed by atoms with E-state index in [1.54, 1.807) is 0 Å². The molecule has 2 unspecified atom stereocenters. The highest BCUT2D eigenvalue weighted by Gasteiger charge is 2.20. The van der Waals surface area contributed by atoms with E-state index in [1.165, 1.54) is 64.2 Å². The summed E-state index contributed by atoms with van der Waals surface area (Å²) in [5.41, 5.74) is 0. The number of allylic oxidation sites excluding steroid dienone is 8. The number of ether oxygens (including phenoxy) is 2. The Labute approximate surface area is 314 Å². The molecule has 0 bridgehead atoms. The van der Waals surface area contributed by atoms with E-state index in [0.717, 1.165) is 70.6 Å². The van der Waals surface area contributed by atoms with E-state index in [4.69, 9.17) is 18.5 Å². The van der Waals surface area contributed by atoms with Gasteiger partial charge in [-0.1, -0.05) is 146 Å². The van der Waals surface area contributed by atoms with Crippen LogP contribution in [0.3, 0.4) is 0 Å². The summed E-state index contributed by atoms with van der Waals surface area (Å²) in [6.07, 6.45) is 41.2. The lowest BCUT2D eigenvalue weighted by molar-refractivity contribution is -0.870. The summed E-state index contributed by atoms with van der Waals surface area (Å²) < 4.78 is 34.4. The van der Waals surface area contributed by atoms with Crippen molar-refractivity contribution >= 4 is 13.8 Å². The Balaban J connectivity index is 4.26. The number of esters is 1. The summed E-state index contributed by atoms with van der Waals surface area (Å²) in [7, 11) is 1.34. The number of nitrogens with zero attached hydrogens (tertiary/aromatic N) is 1. The van der Waals surface area contributed by atoms with Gasteiger partial charge in [0.05, 0.1) is 34.4 Å². The van der Waals surface area contributed by atoms with Gasteiger partial charge in [-0.2, -0.15) is 0 Å². The van der Waals surface area contributed by atoms with Crippen LogP contribution in [-0.2, 0) is 27.9 Å². The molecule has 9 heteroatoms. The molecule has 0 aromatic rings. The normalized spacial score (nSPS) is 14.4. The quantitative estimate of drug-likeness (QED) is 0.0206. The van der Waals surface area contributed by atoms with Crippen LogP contribution in [0.25, 0.3) is 0 Å². The highest BCUT2D eigenvalue weighted by Crippen LogP contribution is 2.38. The zero-order valence-corrected chi connectivity index (χ0v) is 34.4. The Bertz CT molecular complexity index is 957. The van der Waals surface area contributed by atoms with E-state index < -0.39 is 13.9 Å². The van der Waals surface area contributed by atoms with E-state index in [0.29, 0.717) is 24.1 Å². The average molecular weight is 740 g/mol. The van der Waals surface area contributed by atoms with Crippen LogP contribution in [0, 0.1) is 0 Å². The molecule has 0 aliphatic rings. The average Bonchev–Trinajstić information content (AvgIpc) is 3.08. The number of phosphoric ester groups is 1. The molecule has 2 atom stereocenters. The van der Waals surface area contributed by atoms with E-state index in [-0.39, 0.29) is 25.8 Å². The van der Waals surface area contributed by atoms with Gasteiger partial charge in [0, 0.05) is 13.0 Å². The first-order chi connectivity index (χ1) is 24.6. The first-order valence-electron chi connectivity index (χ1n) is 20.4. The number of carbonyl (C=O) groups is 1. The third kappa shape index (κ3) is 39.5. The van der Waals surface area contributed by atoms with Crippen LogP contribution >= 0.6 is 7.82 Å². The van der Waals surface area contributed by atoms with Crippen LogP contribution < -0.4 is 4.89 Å². The fourth-order valence-electron chi connectivity index (χ4n) is 5.24. The molecular formula is C42H78NO7P. The van der Waals surface area contributed by atoms with Crippen LogP contribution in [0.1, 0.15) is 155 Å². The van der Waals surface area contributed by atoms with Crippen molar-refractivity contribution in [2.75, 3.05) is 54.1 Å². The lowest BCUT2D eigenvalue weighted by atomic mass is 10.1. The molecule has 0 heterocycles. The maximum absolute atomic E-state index is 12.6. The Morgan fingerprint density at radius 1 is 0.627 bits per heavy atom. The number of quaternary nitrogens is 1. The zero-order valence-electron chi connectivity index (χ0n) is 33.5. The number of rotatable bonds is 37. The molecule has 8 nitrogen and oxygen atoms in total. The van der Waals surface area contributed by atoms with Crippen molar-refractivity contribution in [1.29, 1.82) is 0 Å². The van der Waals surface area contributed by atoms with Crippen LogP contribution in [-0.4, -0.2) is 70.7 Å². The lowest BCUT2D eigenvalue weighted by Crippen LogP contribution is -2.37. The predicted molar refractivity (Wildman–Crippen MR) is 213 cm³/mol. The van der Waals surface area contributed by atoms with Crippen molar-refractivity contribution < 1.29 is 37.3 Å². The highest BCUT2D eigenvalue weighted by atomic mass is 31.2. The summed E-state index contributed by atoms with van der Waals surface area (Å²) in [6, 6.07) is 0. The van der Waals surface area contributed by atoms with Crippen LogP contribution in [0.15, 0.2) is 48.6 Å². The fourth-order valence-corrected chi connectivity index (χ4v) is 5.97. The maximum Gasteiger partial charge on any atom is 0.306 e. The van der Waals surface area contributed by atoms with Crippen molar-refractivity contribution in [3.63, 3.8) is 0 Å². The summed E-state index contributed by atoms with van der Waals surface area (Å²) >= 11 is 0. The molecule has 0 rings (SSSR count). The van der Waals surface area contributed by atoms with Gasteiger partial charge in [-0.3, -0.25) is 9.36 Å². The largest absolute Gasteiger partial charge is 0.756 e. The van der Waals surface area contributed by atoms with Gasteiger partial charge in [0.2, 0.25) is 0 Å². The Hall–Kier alpha value is -1.54. The molecule has 51 heavy (non-hydrogen) atoms. The molecule has 0 radical (unpaired) electrons. The number of carbonyl (C=O) groups excluding carboxylic acids is 1. The van der Waals surface area contributed by atoms with Gasteiger partial charge >= 0.3 is 5.97 Å². The molecule has 0 N–H and O–H groups in total. The van der Waals surface area contributed by atoms with Crippen molar-refractivity contribution in [3.05, 3.63) is 48.6 Å². The molecule has 0 aromatic heterocycles. The van der Waals surface area contributed by atoms with Gasteiger partial charge in [0.25, 0.3) is 7.82 Å². The number of hydrogen-bond acceptors (Lipinski definition) is 7. The van der Waals surface area contributed by atoms with E-state index in [9.17, 15) is 14.3 Å². The molecule has 0 saturated heterocycles. The van der Waals surface area contributed by atoms with Crippen molar-refractivity contribution in [1.82, 2.24) is 0 Å². The molecule has 0 aliphatic heterocycles. The van der Waals surface area contributed by atoms with E-state index in [1.807, 2.05) is 21.1 Å². The minimum absolute atomic E-state index is 0.0222. The van der Waals surface area contributed by atoms with Gasteiger partial charge < -0.3 is 27.9 Å². The monoisotopic (exact) mass is 740 g/mol. The second-order valence-electron chi connectivity index (χ2n) is 14.6. The van der Waals surface area contributed by atoms with E-state index in [2.05, 4.69) is 62.5 Å². The summed E-state index contributed by atoms with van der Waals surface area (Å²) in [6.45, 7) is 5.26. The SMILES string of the molecule is CC/C=C\C/C=C\C/C=C\C/C=C\CCCCCCCCC(=O)OC(COCCCCCCCCCCCC)COP(=O)([O-])OCC[N+](C)(C)C. The molecule has 0 saturated carbocycles. The Morgan fingerprint density at radius 3 is 1.71 bits per heavy atom. The minimum atomic E-state index is -4.52. The minimum Gasteiger partial charge on any atom is -0.756 e. The predicted octanol–water partition coefficient (Wildman–Crippen LogP) is 11.0.